The van der Waals surface area contributed by atoms with Crippen molar-refractivity contribution >= 4 is 11.8 Å². The van der Waals surface area contributed by atoms with E-state index in [4.69, 9.17) is 14.2 Å². The summed E-state index contributed by atoms with van der Waals surface area (Å²) in [4.78, 5) is 0. The lowest BCUT2D eigenvalue weighted by Gasteiger charge is -2.11. The van der Waals surface area contributed by atoms with Gasteiger partial charge in [0.15, 0.2) is 0 Å². The normalized spacial score (nSPS) is 10.5. The molecule has 0 amide bonds. The van der Waals surface area contributed by atoms with Crippen molar-refractivity contribution in [2.75, 3.05) is 33.2 Å². The van der Waals surface area contributed by atoms with Gasteiger partial charge in [-0.3, -0.25) is 0 Å². The van der Waals surface area contributed by atoms with E-state index in [1.54, 1.807) is 21.3 Å². The lowest BCUT2D eigenvalue weighted by atomic mass is 10.2. The number of hydrogen-bond acceptors (Lipinski definition) is 4. The number of nitrogens with one attached hydrogen (secondary N) is 1. The van der Waals surface area contributed by atoms with E-state index in [0.29, 0.717) is 6.54 Å². The van der Waals surface area contributed by atoms with Crippen molar-refractivity contribution in [1.29, 1.82) is 0 Å². The van der Waals surface area contributed by atoms with Crippen molar-refractivity contribution in [3.05, 3.63) is 54.1 Å². The average Bonchev–Trinajstić information content (AvgIpc) is 2.59. The Hall–Kier alpha value is -2.62. The van der Waals surface area contributed by atoms with Crippen molar-refractivity contribution in [2.24, 2.45) is 0 Å². The number of rotatable bonds is 7. The van der Waals surface area contributed by atoms with Crippen LogP contribution in [0.25, 0.3) is 6.08 Å². The fraction of sp³-hybridized carbons (Fsp3) is 0.222. The van der Waals surface area contributed by atoms with Crippen LogP contribution in [0, 0.1) is 0 Å². The number of anilines is 1. The van der Waals surface area contributed by atoms with Gasteiger partial charge in [-0.1, -0.05) is 24.3 Å². The molecule has 22 heavy (non-hydrogen) atoms. The monoisotopic (exact) mass is 299 g/mol. The first kappa shape index (κ1) is 15.8. The van der Waals surface area contributed by atoms with Crippen molar-refractivity contribution < 1.29 is 14.2 Å². The Bertz CT molecular complexity index is 621. The van der Waals surface area contributed by atoms with Crippen LogP contribution in [0.4, 0.5) is 5.69 Å². The highest BCUT2D eigenvalue weighted by Crippen LogP contribution is 2.28. The zero-order valence-electron chi connectivity index (χ0n) is 13.1. The van der Waals surface area contributed by atoms with E-state index in [-0.39, 0.29) is 0 Å². The minimum atomic E-state index is 0.703. The molecule has 0 saturated heterocycles. The minimum absolute atomic E-state index is 0.703. The molecule has 4 heteroatoms. The molecule has 0 aliphatic rings. The van der Waals surface area contributed by atoms with Crippen LogP contribution in [0.2, 0.25) is 0 Å². The Balaban J connectivity index is 1.93. The summed E-state index contributed by atoms with van der Waals surface area (Å²) in [7, 11) is 4.95. The Kier molecular flexibility index (Phi) is 5.72. The molecule has 0 saturated carbocycles. The maximum absolute atomic E-state index is 5.35. The van der Waals surface area contributed by atoms with Crippen LogP contribution >= 0.6 is 0 Å². The van der Waals surface area contributed by atoms with E-state index >= 15 is 0 Å². The van der Waals surface area contributed by atoms with Crippen LogP contribution in [0.15, 0.2) is 48.5 Å². The van der Waals surface area contributed by atoms with Crippen LogP contribution in [-0.4, -0.2) is 27.9 Å². The summed E-state index contributed by atoms with van der Waals surface area (Å²) in [6.45, 7) is 0.703. The molecule has 2 aromatic carbocycles. The summed E-state index contributed by atoms with van der Waals surface area (Å²) >= 11 is 0. The van der Waals surface area contributed by atoms with Gasteiger partial charge in [-0.25, -0.2) is 0 Å². The standard InChI is InChI=1S/C18H21NO3/c1-20-15-8-6-14(7-9-15)5-4-12-19-17-11-10-16(21-2)13-18(17)22-3/h4-11,13,19H,12H2,1-3H3/b5-4+. The van der Waals surface area contributed by atoms with Crippen molar-refractivity contribution in [3.63, 3.8) is 0 Å². The van der Waals surface area contributed by atoms with Crippen LogP contribution in [0.1, 0.15) is 5.56 Å². The maximum atomic E-state index is 5.35. The highest BCUT2D eigenvalue weighted by atomic mass is 16.5. The molecule has 0 fully saturated rings. The lowest BCUT2D eigenvalue weighted by molar-refractivity contribution is 0.395. The fourth-order valence-electron chi connectivity index (χ4n) is 2.02. The summed E-state index contributed by atoms with van der Waals surface area (Å²) in [5.41, 5.74) is 2.06. The molecular formula is C18H21NO3. The van der Waals surface area contributed by atoms with E-state index < -0.39 is 0 Å². The zero-order chi connectivity index (χ0) is 15.8. The smallest absolute Gasteiger partial charge is 0.145 e. The van der Waals surface area contributed by atoms with Gasteiger partial charge in [-0.15, -0.1) is 0 Å². The molecule has 1 N–H and O–H groups in total. The summed E-state index contributed by atoms with van der Waals surface area (Å²) < 4.78 is 15.7. The molecule has 0 bridgehead atoms. The van der Waals surface area contributed by atoms with Crippen molar-refractivity contribution in [1.82, 2.24) is 0 Å². The summed E-state index contributed by atoms with van der Waals surface area (Å²) in [6.07, 6.45) is 4.12. The summed E-state index contributed by atoms with van der Waals surface area (Å²) in [6, 6.07) is 13.6. The molecule has 0 aliphatic heterocycles. The van der Waals surface area contributed by atoms with Gasteiger partial charge in [0.25, 0.3) is 0 Å². The number of ether oxygens (including phenoxy) is 3. The second-order valence-electron chi connectivity index (χ2n) is 4.62. The predicted octanol–water partition coefficient (Wildman–Crippen LogP) is 3.84. The molecular weight excluding hydrogens is 278 g/mol. The molecule has 116 valence electrons. The third kappa shape index (κ3) is 4.19. The Morgan fingerprint density at radius 3 is 2.18 bits per heavy atom. The Labute approximate surface area is 131 Å². The molecule has 4 nitrogen and oxygen atoms in total. The van der Waals surface area contributed by atoms with E-state index in [0.717, 1.165) is 28.5 Å². The second kappa shape index (κ2) is 7.98. The molecule has 0 radical (unpaired) electrons. The Morgan fingerprint density at radius 2 is 1.55 bits per heavy atom. The fourth-order valence-corrected chi connectivity index (χ4v) is 2.02. The first-order valence-corrected chi connectivity index (χ1v) is 7.03. The maximum Gasteiger partial charge on any atom is 0.145 e. The van der Waals surface area contributed by atoms with Crippen molar-refractivity contribution in [2.45, 2.75) is 0 Å². The second-order valence-corrected chi connectivity index (χ2v) is 4.62. The average molecular weight is 299 g/mol. The highest BCUT2D eigenvalue weighted by Gasteiger charge is 2.03. The largest absolute Gasteiger partial charge is 0.497 e. The molecule has 0 atom stereocenters. The van der Waals surface area contributed by atoms with Gasteiger partial charge in [-0.05, 0) is 29.8 Å². The molecule has 2 rings (SSSR count). The SMILES string of the molecule is COc1ccc(/C=C/CNc2ccc(OC)cc2OC)cc1. The van der Waals surface area contributed by atoms with E-state index in [1.807, 2.05) is 42.5 Å². The van der Waals surface area contributed by atoms with Gasteiger partial charge < -0.3 is 19.5 Å². The first-order chi connectivity index (χ1) is 10.8. The number of benzene rings is 2. The zero-order valence-corrected chi connectivity index (χ0v) is 13.1. The highest BCUT2D eigenvalue weighted by molar-refractivity contribution is 5.60. The summed E-state index contributed by atoms with van der Waals surface area (Å²) in [5.74, 6) is 2.40. The van der Waals surface area contributed by atoms with E-state index in [1.165, 1.54) is 0 Å². The molecule has 0 unspecified atom stereocenters. The third-order valence-corrected chi connectivity index (χ3v) is 3.25. The molecule has 0 aliphatic carbocycles. The van der Waals surface area contributed by atoms with Crippen LogP contribution < -0.4 is 19.5 Å². The van der Waals surface area contributed by atoms with Gasteiger partial charge in [0.1, 0.15) is 17.2 Å². The lowest BCUT2D eigenvalue weighted by Crippen LogP contribution is -2.00. The van der Waals surface area contributed by atoms with Crippen LogP contribution in [0.5, 0.6) is 17.2 Å². The van der Waals surface area contributed by atoms with Gasteiger partial charge in [-0.2, -0.15) is 0 Å². The predicted molar refractivity (Wildman–Crippen MR) is 90.1 cm³/mol. The van der Waals surface area contributed by atoms with Crippen LogP contribution in [0.3, 0.4) is 0 Å². The van der Waals surface area contributed by atoms with E-state index in [9.17, 15) is 0 Å². The van der Waals surface area contributed by atoms with Gasteiger partial charge in [0.2, 0.25) is 0 Å². The Morgan fingerprint density at radius 1 is 0.864 bits per heavy atom. The van der Waals surface area contributed by atoms with E-state index in [2.05, 4.69) is 17.5 Å². The van der Waals surface area contributed by atoms with Crippen LogP contribution in [-0.2, 0) is 0 Å². The minimum Gasteiger partial charge on any atom is -0.497 e. The molecule has 2 aromatic rings. The van der Waals surface area contributed by atoms with Gasteiger partial charge >= 0.3 is 0 Å². The molecule has 0 heterocycles. The third-order valence-electron chi connectivity index (χ3n) is 3.25. The summed E-state index contributed by atoms with van der Waals surface area (Å²) in [5, 5.41) is 3.32. The molecule has 0 spiro atoms. The topological polar surface area (TPSA) is 39.7 Å². The van der Waals surface area contributed by atoms with Gasteiger partial charge in [0, 0.05) is 12.6 Å². The number of methoxy groups -OCH3 is 3. The molecule has 0 aromatic heterocycles. The number of hydrogen-bond donors (Lipinski definition) is 1. The quantitative estimate of drug-likeness (QED) is 0.843. The van der Waals surface area contributed by atoms with Crippen molar-refractivity contribution in [3.8, 4) is 17.2 Å². The van der Waals surface area contributed by atoms with Gasteiger partial charge in [0.05, 0.1) is 27.0 Å². The first-order valence-electron chi connectivity index (χ1n) is 7.03.